The molecule has 0 rings (SSSR count). The highest BCUT2D eigenvalue weighted by atomic mass is 32.2. The van der Waals surface area contributed by atoms with Gasteiger partial charge in [-0.15, -0.1) is 4.83 Å². The molecule has 0 heterocycles. The van der Waals surface area contributed by atoms with Gasteiger partial charge >= 0.3 is 0 Å². The van der Waals surface area contributed by atoms with Crippen LogP contribution in [0, 0.1) is 5.92 Å². The van der Waals surface area contributed by atoms with Crippen molar-refractivity contribution in [1.29, 1.82) is 0 Å². The molecule has 0 aromatic heterocycles. The van der Waals surface area contributed by atoms with E-state index >= 15 is 0 Å². The number of hydrogen-bond donors (Lipinski definition) is 2. The number of hydrazine groups is 1. The molecule has 0 aliphatic carbocycles. The summed E-state index contributed by atoms with van der Waals surface area (Å²) in [6.45, 7) is 3.33. The molecule has 0 radical (unpaired) electrons. The number of rotatable bonds is 3. The Kier molecular flexibility index (Phi) is 3.47. The van der Waals surface area contributed by atoms with Crippen LogP contribution < -0.4 is 10.3 Å². The molecule has 0 fully saturated rings. The molecule has 0 spiro atoms. The van der Waals surface area contributed by atoms with Crippen LogP contribution in [0.1, 0.15) is 13.8 Å². The van der Waals surface area contributed by atoms with Crippen molar-refractivity contribution >= 4 is 15.9 Å². The molecule has 0 aromatic rings. The van der Waals surface area contributed by atoms with Crippen molar-refractivity contribution in [1.82, 2.24) is 10.3 Å². The van der Waals surface area contributed by atoms with Crippen molar-refractivity contribution in [2.45, 2.75) is 13.8 Å². The first kappa shape index (κ1) is 10.4. The maximum absolute atomic E-state index is 10.8. The molecule has 0 aliphatic rings. The highest BCUT2D eigenvalue weighted by Crippen LogP contribution is 1.88. The third-order valence-corrected chi connectivity index (χ3v) is 1.36. The second-order valence-corrected chi connectivity index (χ2v) is 4.27. The van der Waals surface area contributed by atoms with E-state index in [2.05, 4.69) is 0 Å². The molecule has 0 atom stereocenters. The monoisotopic (exact) mass is 180 g/mol. The van der Waals surface area contributed by atoms with Gasteiger partial charge in [0.2, 0.25) is 15.9 Å². The molecular formula is C5H12N2O3S. The predicted molar refractivity (Wildman–Crippen MR) is 41.0 cm³/mol. The quantitative estimate of drug-likeness (QED) is 0.560. The van der Waals surface area contributed by atoms with E-state index in [1.165, 1.54) is 0 Å². The highest BCUT2D eigenvalue weighted by molar-refractivity contribution is 7.88. The first-order valence-electron chi connectivity index (χ1n) is 3.09. The van der Waals surface area contributed by atoms with Crippen molar-refractivity contribution in [3.8, 4) is 0 Å². The van der Waals surface area contributed by atoms with Gasteiger partial charge in [0.05, 0.1) is 6.26 Å². The van der Waals surface area contributed by atoms with Gasteiger partial charge in [0.15, 0.2) is 0 Å². The zero-order chi connectivity index (χ0) is 9.07. The molecule has 66 valence electrons. The highest BCUT2D eigenvalue weighted by Gasteiger charge is 2.07. The number of hydrogen-bond acceptors (Lipinski definition) is 3. The largest absolute Gasteiger partial charge is 0.278 e. The standard InChI is InChI=1S/C5H12N2O3S/c1-4(2)5(8)6-7-11(3,9)10/h4,7H,1-3H3,(H,6,8). The van der Waals surface area contributed by atoms with Crippen LogP contribution in [0.15, 0.2) is 0 Å². The van der Waals surface area contributed by atoms with Gasteiger partial charge in [0, 0.05) is 5.92 Å². The summed E-state index contributed by atoms with van der Waals surface area (Å²) in [7, 11) is -3.33. The summed E-state index contributed by atoms with van der Waals surface area (Å²) >= 11 is 0. The summed E-state index contributed by atoms with van der Waals surface area (Å²) in [5, 5.41) is 0. The minimum Gasteiger partial charge on any atom is -0.278 e. The van der Waals surface area contributed by atoms with Crippen molar-refractivity contribution in [3.63, 3.8) is 0 Å². The van der Waals surface area contributed by atoms with Gasteiger partial charge < -0.3 is 0 Å². The molecule has 1 amide bonds. The molecule has 0 unspecified atom stereocenters. The maximum atomic E-state index is 10.8. The van der Waals surface area contributed by atoms with Gasteiger partial charge in [0.25, 0.3) is 0 Å². The molecule has 0 saturated carbocycles. The zero-order valence-electron chi connectivity index (χ0n) is 6.71. The van der Waals surface area contributed by atoms with Gasteiger partial charge in [-0.05, 0) is 0 Å². The Morgan fingerprint density at radius 2 is 1.82 bits per heavy atom. The Morgan fingerprint density at radius 1 is 1.36 bits per heavy atom. The molecular weight excluding hydrogens is 168 g/mol. The third-order valence-electron chi connectivity index (χ3n) is 0.884. The maximum Gasteiger partial charge on any atom is 0.237 e. The molecule has 6 heteroatoms. The first-order valence-corrected chi connectivity index (χ1v) is 4.98. The van der Waals surface area contributed by atoms with Crippen molar-refractivity contribution in [3.05, 3.63) is 0 Å². The van der Waals surface area contributed by atoms with Gasteiger partial charge in [-0.3, -0.25) is 10.2 Å². The normalized spacial score (nSPS) is 11.6. The average Bonchev–Trinajstić information content (AvgIpc) is 1.80. The van der Waals surface area contributed by atoms with Gasteiger partial charge in [0.1, 0.15) is 0 Å². The van der Waals surface area contributed by atoms with Crippen LogP contribution in [0.2, 0.25) is 0 Å². The van der Waals surface area contributed by atoms with Gasteiger partial charge in [-0.25, -0.2) is 8.42 Å². The predicted octanol–water partition coefficient (Wildman–Crippen LogP) is -0.777. The van der Waals surface area contributed by atoms with Gasteiger partial charge in [-0.1, -0.05) is 13.8 Å². The van der Waals surface area contributed by atoms with E-state index in [1.807, 2.05) is 10.3 Å². The second kappa shape index (κ2) is 3.68. The van der Waals surface area contributed by atoms with Crippen LogP contribution in [0.5, 0.6) is 0 Å². The van der Waals surface area contributed by atoms with Crippen LogP contribution in [0.3, 0.4) is 0 Å². The summed E-state index contributed by atoms with van der Waals surface area (Å²) in [5.74, 6) is -0.584. The van der Waals surface area contributed by atoms with Crippen LogP contribution in [0.25, 0.3) is 0 Å². The Labute approximate surface area is 66.2 Å². The Balaban J connectivity index is 3.83. The lowest BCUT2D eigenvalue weighted by Gasteiger charge is -2.06. The Morgan fingerprint density at radius 3 is 2.09 bits per heavy atom. The summed E-state index contributed by atoms with van der Waals surface area (Å²) in [6.07, 6.45) is 0.966. The minimum atomic E-state index is -3.33. The summed E-state index contributed by atoms with van der Waals surface area (Å²) in [6, 6.07) is 0. The fourth-order valence-electron chi connectivity index (χ4n) is 0.287. The van der Waals surface area contributed by atoms with E-state index in [0.29, 0.717) is 0 Å². The number of nitrogens with one attached hydrogen (secondary N) is 2. The summed E-state index contributed by atoms with van der Waals surface area (Å²) in [5.41, 5.74) is 2.05. The lowest BCUT2D eigenvalue weighted by Crippen LogP contribution is -2.42. The smallest absolute Gasteiger partial charge is 0.237 e. The van der Waals surface area contributed by atoms with E-state index in [-0.39, 0.29) is 11.8 Å². The van der Waals surface area contributed by atoms with E-state index in [0.717, 1.165) is 6.26 Å². The van der Waals surface area contributed by atoms with E-state index in [4.69, 9.17) is 0 Å². The van der Waals surface area contributed by atoms with Crippen molar-refractivity contribution < 1.29 is 13.2 Å². The molecule has 2 N–H and O–H groups in total. The van der Waals surface area contributed by atoms with Crippen LogP contribution in [0.4, 0.5) is 0 Å². The third kappa shape index (κ3) is 5.81. The second-order valence-electron chi connectivity index (χ2n) is 2.52. The van der Waals surface area contributed by atoms with Crippen LogP contribution in [-0.4, -0.2) is 20.6 Å². The first-order chi connectivity index (χ1) is 4.83. The molecule has 0 bridgehead atoms. The topological polar surface area (TPSA) is 75.3 Å². The SMILES string of the molecule is CC(C)C(=O)NNS(C)(=O)=O. The fourth-order valence-corrected chi connectivity index (χ4v) is 0.573. The number of carbonyl (C=O) groups excluding carboxylic acids is 1. The summed E-state index contributed by atoms with van der Waals surface area (Å²) in [4.78, 5) is 12.6. The molecule has 0 aromatic carbocycles. The van der Waals surface area contributed by atoms with E-state index in [9.17, 15) is 13.2 Å². The van der Waals surface area contributed by atoms with Crippen LogP contribution >= 0.6 is 0 Å². The average molecular weight is 180 g/mol. The fraction of sp³-hybridized carbons (Fsp3) is 0.800. The zero-order valence-corrected chi connectivity index (χ0v) is 7.53. The molecule has 0 aliphatic heterocycles. The van der Waals surface area contributed by atoms with E-state index < -0.39 is 10.0 Å². The van der Waals surface area contributed by atoms with Crippen molar-refractivity contribution in [2.24, 2.45) is 5.92 Å². The lowest BCUT2D eigenvalue weighted by atomic mass is 10.2. The Hall–Kier alpha value is -0.620. The van der Waals surface area contributed by atoms with E-state index in [1.54, 1.807) is 13.8 Å². The van der Waals surface area contributed by atoms with Crippen LogP contribution in [-0.2, 0) is 14.8 Å². The number of sulfonamides is 1. The molecule has 11 heavy (non-hydrogen) atoms. The number of carbonyl (C=O) groups is 1. The number of amides is 1. The molecule has 0 saturated heterocycles. The summed E-state index contributed by atoms with van der Waals surface area (Å²) < 4.78 is 20.9. The van der Waals surface area contributed by atoms with Crippen molar-refractivity contribution in [2.75, 3.05) is 6.26 Å². The molecule has 5 nitrogen and oxygen atoms in total. The lowest BCUT2D eigenvalue weighted by molar-refractivity contribution is -0.124. The Bertz CT molecular complexity index is 232. The minimum absolute atomic E-state index is 0.232. The van der Waals surface area contributed by atoms with Gasteiger partial charge in [-0.2, -0.15) is 0 Å².